The number of hydrogen-bond acceptors (Lipinski definition) is 4. The molecule has 0 aliphatic carbocycles. The van der Waals surface area contributed by atoms with Gasteiger partial charge in [0.05, 0.1) is 24.5 Å². The Bertz CT molecular complexity index is 458. The molecule has 0 saturated carbocycles. The standard InChI is InChI=1S/C15H20N2O2/c1-15(2,11-16)8-3-9-19-14(18)10-12-4-6-13(17)7-5-12/h4-7H,3,8-10,17H2,1-2H3. The lowest BCUT2D eigenvalue weighted by Gasteiger charge is -2.14. The van der Waals surface area contributed by atoms with E-state index in [-0.39, 0.29) is 17.8 Å². The minimum atomic E-state index is -0.358. The van der Waals surface area contributed by atoms with Crippen molar-refractivity contribution < 1.29 is 9.53 Å². The molecule has 0 amide bonds. The van der Waals surface area contributed by atoms with Crippen molar-refractivity contribution in [3.63, 3.8) is 0 Å². The summed E-state index contributed by atoms with van der Waals surface area (Å²) >= 11 is 0. The summed E-state index contributed by atoms with van der Waals surface area (Å²) in [4.78, 5) is 11.6. The Morgan fingerprint density at radius 2 is 2.00 bits per heavy atom. The SMILES string of the molecule is CC(C)(C#N)CCCOC(=O)Cc1ccc(N)cc1. The third-order valence-corrected chi connectivity index (χ3v) is 2.84. The Balaban J connectivity index is 2.26. The van der Waals surface area contributed by atoms with E-state index < -0.39 is 0 Å². The van der Waals surface area contributed by atoms with Crippen LogP contribution in [-0.2, 0) is 16.0 Å². The normalized spacial score (nSPS) is 10.8. The van der Waals surface area contributed by atoms with Crippen LogP contribution in [-0.4, -0.2) is 12.6 Å². The number of nitriles is 1. The summed E-state index contributed by atoms with van der Waals surface area (Å²) in [5.74, 6) is -0.250. The van der Waals surface area contributed by atoms with Crippen LogP contribution < -0.4 is 5.73 Å². The topological polar surface area (TPSA) is 76.1 Å². The number of benzene rings is 1. The van der Waals surface area contributed by atoms with Crippen LogP contribution in [0.1, 0.15) is 32.3 Å². The fraction of sp³-hybridized carbons (Fsp3) is 0.467. The van der Waals surface area contributed by atoms with E-state index in [0.717, 1.165) is 12.0 Å². The first-order valence-corrected chi connectivity index (χ1v) is 6.34. The van der Waals surface area contributed by atoms with E-state index in [9.17, 15) is 4.79 Å². The maximum absolute atomic E-state index is 11.6. The number of nitrogens with zero attached hydrogens (tertiary/aromatic N) is 1. The fourth-order valence-corrected chi connectivity index (χ4v) is 1.61. The van der Waals surface area contributed by atoms with Gasteiger partial charge in [-0.3, -0.25) is 4.79 Å². The lowest BCUT2D eigenvalue weighted by atomic mass is 9.90. The number of carbonyl (C=O) groups excluding carboxylic acids is 1. The Hall–Kier alpha value is -2.02. The summed E-state index contributed by atoms with van der Waals surface area (Å²) in [6, 6.07) is 9.38. The van der Waals surface area contributed by atoms with E-state index in [1.165, 1.54) is 0 Å². The quantitative estimate of drug-likeness (QED) is 0.484. The number of nitrogen functional groups attached to an aromatic ring is 1. The highest BCUT2D eigenvalue weighted by Gasteiger charge is 2.16. The predicted octanol–water partition coefficient (Wildman–Crippen LogP) is 2.68. The zero-order valence-corrected chi connectivity index (χ0v) is 11.5. The van der Waals surface area contributed by atoms with Crippen molar-refractivity contribution in [2.24, 2.45) is 5.41 Å². The molecule has 0 spiro atoms. The monoisotopic (exact) mass is 260 g/mol. The zero-order valence-electron chi connectivity index (χ0n) is 11.5. The maximum atomic E-state index is 11.6. The number of rotatable bonds is 6. The molecule has 0 fully saturated rings. The van der Waals surface area contributed by atoms with Crippen molar-refractivity contribution in [1.29, 1.82) is 5.26 Å². The van der Waals surface area contributed by atoms with E-state index in [1.54, 1.807) is 12.1 Å². The molecule has 4 nitrogen and oxygen atoms in total. The van der Waals surface area contributed by atoms with Crippen LogP contribution in [0.2, 0.25) is 0 Å². The number of carbonyl (C=O) groups is 1. The van der Waals surface area contributed by atoms with Crippen molar-refractivity contribution in [3.8, 4) is 6.07 Å². The van der Waals surface area contributed by atoms with E-state index in [0.29, 0.717) is 18.7 Å². The number of ether oxygens (including phenoxy) is 1. The molecule has 0 aliphatic rings. The molecule has 0 radical (unpaired) electrons. The zero-order chi connectivity index (χ0) is 14.3. The number of nitrogens with two attached hydrogens (primary N) is 1. The average Bonchev–Trinajstić information content (AvgIpc) is 2.38. The molecule has 19 heavy (non-hydrogen) atoms. The summed E-state index contributed by atoms with van der Waals surface area (Å²) in [6.45, 7) is 4.12. The van der Waals surface area contributed by atoms with Crippen LogP contribution in [0.15, 0.2) is 24.3 Å². The van der Waals surface area contributed by atoms with E-state index >= 15 is 0 Å². The molecule has 2 N–H and O–H groups in total. The van der Waals surface area contributed by atoms with Crippen molar-refractivity contribution in [2.75, 3.05) is 12.3 Å². The van der Waals surface area contributed by atoms with Crippen LogP contribution in [0, 0.1) is 16.7 Å². The number of anilines is 1. The molecule has 1 aromatic rings. The smallest absolute Gasteiger partial charge is 0.310 e. The van der Waals surface area contributed by atoms with Crippen molar-refractivity contribution >= 4 is 11.7 Å². The minimum absolute atomic E-state index is 0.250. The van der Waals surface area contributed by atoms with Crippen molar-refractivity contribution in [3.05, 3.63) is 29.8 Å². The second-order valence-corrected chi connectivity index (χ2v) is 5.24. The first-order chi connectivity index (χ1) is 8.93. The molecule has 0 unspecified atom stereocenters. The summed E-state index contributed by atoms with van der Waals surface area (Å²) in [5, 5.41) is 8.85. The number of hydrogen-bond donors (Lipinski definition) is 1. The summed E-state index contributed by atoms with van der Waals surface area (Å²) < 4.78 is 5.14. The highest BCUT2D eigenvalue weighted by molar-refractivity contribution is 5.72. The molecular weight excluding hydrogens is 240 g/mol. The maximum Gasteiger partial charge on any atom is 0.310 e. The fourth-order valence-electron chi connectivity index (χ4n) is 1.61. The molecule has 0 aromatic heterocycles. The van der Waals surface area contributed by atoms with Gasteiger partial charge in [-0.25, -0.2) is 0 Å². The van der Waals surface area contributed by atoms with Crippen LogP contribution in [0.3, 0.4) is 0 Å². The van der Waals surface area contributed by atoms with Gasteiger partial charge >= 0.3 is 5.97 Å². The summed E-state index contributed by atoms with van der Waals surface area (Å²) in [6.07, 6.45) is 1.68. The van der Waals surface area contributed by atoms with E-state index in [1.807, 2.05) is 26.0 Å². The van der Waals surface area contributed by atoms with Crippen molar-refractivity contribution in [2.45, 2.75) is 33.1 Å². The lowest BCUT2D eigenvalue weighted by molar-refractivity contribution is -0.143. The van der Waals surface area contributed by atoms with Gasteiger partial charge in [0.1, 0.15) is 0 Å². The molecule has 1 aromatic carbocycles. The van der Waals surface area contributed by atoms with Gasteiger partial charge in [0.25, 0.3) is 0 Å². The van der Waals surface area contributed by atoms with Crippen LogP contribution >= 0.6 is 0 Å². The molecule has 0 atom stereocenters. The minimum Gasteiger partial charge on any atom is -0.465 e. The Labute approximate surface area is 114 Å². The molecule has 1 rings (SSSR count). The Morgan fingerprint density at radius 1 is 1.37 bits per heavy atom. The highest BCUT2D eigenvalue weighted by Crippen LogP contribution is 2.20. The number of esters is 1. The predicted molar refractivity (Wildman–Crippen MR) is 74.1 cm³/mol. The highest BCUT2D eigenvalue weighted by atomic mass is 16.5. The molecule has 0 aliphatic heterocycles. The second kappa shape index (κ2) is 6.79. The third-order valence-electron chi connectivity index (χ3n) is 2.84. The lowest BCUT2D eigenvalue weighted by Crippen LogP contribution is -2.12. The third kappa shape index (κ3) is 5.91. The largest absolute Gasteiger partial charge is 0.465 e. The molecule has 0 bridgehead atoms. The molecule has 0 heterocycles. The Kier molecular flexibility index (Phi) is 5.37. The molecule has 0 saturated heterocycles. The van der Waals surface area contributed by atoms with Gasteiger partial charge in [-0.15, -0.1) is 0 Å². The van der Waals surface area contributed by atoms with Gasteiger partial charge in [0, 0.05) is 5.69 Å². The van der Waals surface area contributed by atoms with E-state index in [2.05, 4.69) is 6.07 Å². The van der Waals surface area contributed by atoms with Gasteiger partial charge < -0.3 is 10.5 Å². The van der Waals surface area contributed by atoms with Gasteiger partial charge in [0.2, 0.25) is 0 Å². The first-order valence-electron chi connectivity index (χ1n) is 6.34. The summed E-state index contributed by atoms with van der Waals surface area (Å²) in [7, 11) is 0. The summed E-state index contributed by atoms with van der Waals surface area (Å²) in [5.41, 5.74) is 6.77. The Morgan fingerprint density at radius 3 is 2.58 bits per heavy atom. The molecule has 102 valence electrons. The van der Waals surface area contributed by atoms with Crippen molar-refractivity contribution in [1.82, 2.24) is 0 Å². The van der Waals surface area contributed by atoms with Crippen LogP contribution in [0.5, 0.6) is 0 Å². The molecular formula is C15H20N2O2. The van der Waals surface area contributed by atoms with Gasteiger partial charge in [-0.05, 0) is 44.4 Å². The van der Waals surface area contributed by atoms with E-state index in [4.69, 9.17) is 15.7 Å². The van der Waals surface area contributed by atoms with Gasteiger partial charge in [-0.2, -0.15) is 5.26 Å². The van der Waals surface area contributed by atoms with Crippen LogP contribution in [0.4, 0.5) is 5.69 Å². The van der Waals surface area contributed by atoms with Crippen LogP contribution in [0.25, 0.3) is 0 Å². The van der Waals surface area contributed by atoms with Gasteiger partial charge in [0.15, 0.2) is 0 Å². The average molecular weight is 260 g/mol. The first kappa shape index (κ1) is 15.0. The van der Waals surface area contributed by atoms with Gasteiger partial charge in [-0.1, -0.05) is 12.1 Å². The molecule has 4 heteroatoms. The second-order valence-electron chi connectivity index (χ2n) is 5.24.